The molecule has 0 saturated carbocycles. The van der Waals surface area contributed by atoms with Gasteiger partial charge in [0.15, 0.2) is 23.0 Å². The molecule has 0 bridgehead atoms. The number of fused-ring (bicyclic) bond motifs is 1. The highest BCUT2D eigenvalue weighted by Gasteiger charge is 2.51. The number of methoxy groups -OCH3 is 1. The largest absolute Gasteiger partial charge is 0.390 e. The van der Waals surface area contributed by atoms with E-state index < -0.39 is 44.4 Å². The Hall–Kier alpha value is -2.30. The zero-order valence-corrected chi connectivity index (χ0v) is 21.3. The summed E-state index contributed by atoms with van der Waals surface area (Å²) in [6, 6.07) is 0.0856. The first-order chi connectivity index (χ1) is 17.0. The van der Waals surface area contributed by atoms with E-state index in [0.717, 1.165) is 0 Å². The summed E-state index contributed by atoms with van der Waals surface area (Å²) in [6.45, 7) is 3.07. The van der Waals surface area contributed by atoms with Crippen LogP contribution >= 0.6 is 19.2 Å². The zero-order valence-electron chi connectivity index (χ0n) is 19.6. The molecule has 0 amide bonds. The number of rotatable bonds is 11. The Morgan fingerprint density at radius 1 is 1.42 bits per heavy atom. The molecular weight excluding hydrogens is 521 g/mol. The monoisotopic (exact) mass is 547 g/mol. The van der Waals surface area contributed by atoms with Gasteiger partial charge in [0.25, 0.3) is 0 Å². The van der Waals surface area contributed by atoms with Gasteiger partial charge in [0.2, 0.25) is 5.28 Å². The maximum atomic E-state index is 12.4. The highest BCUT2D eigenvalue weighted by molar-refractivity contribution is 7.53. The van der Waals surface area contributed by atoms with Crippen molar-refractivity contribution in [3.63, 3.8) is 0 Å². The van der Waals surface area contributed by atoms with Crippen molar-refractivity contribution < 1.29 is 33.7 Å². The molecule has 1 aliphatic heterocycles. The van der Waals surface area contributed by atoms with Gasteiger partial charge in [-0.05, 0) is 25.4 Å². The molecule has 36 heavy (non-hydrogen) atoms. The maximum Gasteiger partial charge on any atom is 0.359 e. The minimum atomic E-state index is -4.92. The second-order valence-corrected chi connectivity index (χ2v) is 10.9. The fraction of sp³-hybridized carbons (Fsp3) is 0.667. The van der Waals surface area contributed by atoms with Gasteiger partial charge in [-0.25, -0.2) is 4.68 Å². The number of aliphatic hydroxyl groups is 1. The van der Waals surface area contributed by atoms with Gasteiger partial charge in [-0.2, -0.15) is 20.3 Å². The molecule has 3 aromatic heterocycles. The van der Waals surface area contributed by atoms with E-state index in [1.165, 1.54) is 11.8 Å². The molecule has 0 radical (unpaired) electrons. The van der Waals surface area contributed by atoms with Crippen LogP contribution in [-0.4, -0.2) is 99.2 Å². The molecule has 0 spiro atoms. The van der Waals surface area contributed by atoms with Crippen molar-refractivity contribution in [3.8, 4) is 0 Å². The summed E-state index contributed by atoms with van der Waals surface area (Å²) < 4.78 is 30.7. The Morgan fingerprint density at radius 3 is 2.83 bits per heavy atom. The highest BCUT2D eigenvalue weighted by atomic mass is 35.5. The molecule has 0 aliphatic carbocycles. The van der Waals surface area contributed by atoms with Gasteiger partial charge in [0, 0.05) is 19.6 Å². The van der Waals surface area contributed by atoms with Crippen LogP contribution in [0.25, 0.3) is 11.0 Å². The van der Waals surface area contributed by atoms with Crippen molar-refractivity contribution in [1.82, 2.24) is 40.4 Å². The number of anilines is 1. The van der Waals surface area contributed by atoms with Crippen LogP contribution in [0.1, 0.15) is 32.3 Å². The summed E-state index contributed by atoms with van der Waals surface area (Å²) in [7, 11) is -3.65. The van der Waals surface area contributed by atoms with Crippen molar-refractivity contribution >= 4 is 36.0 Å². The number of hydrogen-bond donors (Lipinski definition) is 5. The molecule has 0 aromatic carbocycles. The SMILES string of the molecule is COCC(Cc1nn[nH]n1)(OCC1O[C@@H](n2ncc3c(NC(C)C)nc(Cl)nc32)C[C@@H]1O)P(=O)(O)O. The average Bonchev–Trinajstić information content (AvgIpc) is 3.51. The molecule has 198 valence electrons. The van der Waals surface area contributed by atoms with Crippen molar-refractivity contribution in [3.05, 3.63) is 17.3 Å². The molecule has 4 atom stereocenters. The molecule has 3 aromatic rings. The quantitative estimate of drug-likeness (QED) is 0.160. The smallest absolute Gasteiger partial charge is 0.359 e. The first-order valence-electron chi connectivity index (χ1n) is 10.9. The average molecular weight is 548 g/mol. The Bertz CT molecular complexity index is 1220. The molecule has 2 unspecified atom stereocenters. The standard InChI is InChI=1S/C18H27ClN9O7P/c1-9(2)21-15-10-6-20-28(16(10)23-17(19)22-15)14-4-11(29)12(35-14)7-34-18(8-33-3,36(30,31)32)5-13-24-26-27-25-13/h6,9,11-12,14,29H,4-5,7-8H2,1-3H3,(H,21,22,23)(H2,30,31,32)(H,24,25,26,27)/t11-,12?,14+,18?/m0/s1. The number of ether oxygens (including phenoxy) is 3. The molecule has 18 heteroatoms. The summed E-state index contributed by atoms with van der Waals surface area (Å²) in [5, 5.41) is 29.8. The third kappa shape index (κ3) is 5.50. The Kier molecular flexibility index (Phi) is 7.87. The van der Waals surface area contributed by atoms with Crippen LogP contribution < -0.4 is 5.32 Å². The van der Waals surface area contributed by atoms with Gasteiger partial charge in [-0.1, -0.05) is 5.21 Å². The second-order valence-electron chi connectivity index (χ2n) is 8.64. The number of aliphatic hydroxyl groups excluding tert-OH is 1. The zero-order chi connectivity index (χ0) is 26.1. The summed E-state index contributed by atoms with van der Waals surface area (Å²) >= 11 is 6.11. The van der Waals surface area contributed by atoms with Crippen LogP contribution in [0.3, 0.4) is 0 Å². The van der Waals surface area contributed by atoms with Gasteiger partial charge < -0.3 is 34.4 Å². The minimum absolute atomic E-state index is 0.0123. The molecule has 16 nitrogen and oxygen atoms in total. The number of nitrogens with zero attached hydrogens (tertiary/aromatic N) is 7. The first kappa shape index (κ1) is 26.8. The number of halogens is 1. The van der Waals surface area contributed by atoms with E-state index in [0.29, 0.717) is 16.9 Å². The third-order valence-electron chi connectivity index (χ3n) is 5.57. The molecular formula is C18H27ClN9O7P. The van der Waals surface area contributed by atoms with Crippen LogP contribution in [0.2, 0.25) is 5.28 Å². The van der Waals surface area contributed by atoms with Gasteiger partial charge in [-0.15, -0.1) is 10.2 Å². The Morgan fingerprint density at radius 2 is 2.19 bits per heavy atom. The van der Waals surface area contributed by atoms with E-state index in [-0.39, 0.29) is 30.2 Å². The fourth-order valence-corrected chi connectivity index (χ4v) is 4.94. The summed E-state index contributed by atoms with van der Waals surface area (Å²) in [5.41, 5.74) is 0.401. The van der Waals surface area contributed by atoms with Gasteiger partial charge in [-0.3, -0.25) is 4.57 Å². The Balaban J connectivity index is 1.54. The molecule has 1 saturated heterocycles. The molecule has 1 fully saturated rings. The summed E-state index contributed by atoms with van der Waals surface area (Å²) in [4.78, 5) is 28.7. The van der Waals surface area contributed by atoms with Crippen LogP contribution in [-0.2, 0) is 25.2 Å². The maximum absolute atomic E-state index is 12.4. The number of H-pyrrole nitrogens is 1. The summed E-state index contributed by atoms with van der Waals surface area (Å²) in [5.74, 6) is 0.531. The number of hydrogen-bond acceptors (Lipinski definition) is 12. The van der Waals surface area contributed by atoms with Crippen molar-refractivity contribution in [1.29, 1.82) is 0 Å². The van der Waals surface area contributed by atoms with E-state index in [2.05, 4.69) is 41.0 Å². The lowest BCUT2D eigenvalue weighted by Crippen LogP contribution is -2.43. The predicted molar refractivity (Wildman–Crippen MR) is 124 cm³/mol. The van der Waals surface area contributed by atoms with Gasteiger partial charge in [0.05, 0.1) is 37.3 Å². The molecule has 1 aliphatic rings. The predicted octanol–water partition coefficient (Wildman–Crippen LogP) is 0.241. The van der Waals surface area contributed by atoms with Crippen molar-refractivity contribution in [2.24, 2.45) is 0 Å². The third-order valence-corrected chi connectivity index (χ3v) is 7.22. The van der Waals surface area contributed by atoms with Gasteiger partial charge in [0.1, 0.15) is 11.9 Å². The lowest BCUT2D eigenvalue weighted by molar-refractivity contribution is -0.112. The van der Waals surface area contributed by atoms with Crippen molar-refractivity contribution in [2.75, 3.05) is 25.6 Å². The molecule has 4 heterocycles. The van der Waals surface area contributed by atoms with E-state index in [4.69, 9.17) is 25.8 Å². The van der Waals surface area contributed by atoms with E-state index in [1.54, 1.807) is 6.20 Å². The number of aromatic amines is 1. The summed E-state index contributed by atoms with van der Waals surface area (Å²) in [6.07, 6.45) is -1.41. The van der Waals surface area contributed by atoms with Crippen LogP contribution in [0.15, 0.2) is 6.20 Å². The minimum Gasteiger partial charge on any atom is -0.390 e. The molecule has 5 N–H and O–H groups in total. The van der Waals surface area contributed by atoms with Crippen LogP contribution in [0, 0.1) is 0 Å². The second kappa shape index (κ2) is 10.6. The first-order valence-corrected chi connectivity index (χ1v) is 12.9. The topological polar surface area (TPSA) is 216 Å². The van der Waals surface area contributed by atoms with E-state index in [9.17, 15) is 19.5 Å². The highest BCUT2D eigenvalue weighted by Crippen LogP contribution is 2.53. The van der Waals surface area contributed by atoms with Crippen LogP contribution in [0.4, 0.5) is 5.82 Å². The van der Waals surface area contributed by atoms with E-state index >= 15 is 0 Å². The lowest BCUT2D eigenvalue weighted by Gasteiger charge is -2.33. The lowest BCUT2D eigenvalue weighted by atomic mass is 10.2. The van der Waals surface area contributed by atoms with E-state index in [1.807, 2.05) is 13.8 Å². The number of tetrazole rings is 1. The normalized spacial score (nSPS) is 22.4. The van der Waals surface area contributed by atoms with Gasteiger partial charge >= 0.3 is 7.60 Å². The van der Waals surface area contributed by atoms with Crippen LogP contribution in [0.5, 0.6) is 0 Å². The van der Waals surface area contributed by atoms with Crippen molar-refractivity contribution in [2.45, 2.75) is 56.5 Å². The fourth-order valence-electron chi connectivity index (χ4n) is 3.89. The Labute approximate surface area is 209 Å². The number of aromatic nitrogens is 8. The molecule has 4 rings (SSSR count). The number of nitrogens with one attached hydrogen (secondary N) is 2.